The van der Waals surface area contributed by atoms with E-state index in [1.54, 1.807) is 14.0 Å². The Balaban J connectivity index is 2.67. The van der Waals surface area contributed by atoms with E-state index in [0.29, 0.717) is 12.5 Å². The normalized spacial score (nSPS) is 9.95. The van der Waals surface area contributed by atoms with Crippen LogP contribution in [-0.2, 0) is 6.54 Å². The molecule has 104 valence electrons. The van der Waals surface area contributed by atoms with Crippen LogP contribution in [0.4, 0.5) is 0 Å². The van der Waals surface area contributed by atoms with Crippen molar-refractivity contribution in [3.05, 3.63) is 23.8 Å². The molecule has 0 saturated carbocycles. The third-order valence-corrected chi connectivity index (χ3v) is 2.59. The van der Waals surface area contributed by atoms with Gasteiger partial charge in [-0.2, -0.15) is 0 Å². The van der Waals surface area contributed by atoms with Crippen LogP contribution in [0.25, 0.3) is 0 Å². The van der Waals surface area contributed by atoms with Gasteiger partial charge in [-0.25, -0.2) is 0 Å². The standard InChI is InChI=1S/C16H23NO2/c1-5-6-9-19-16-10-14(7-8-15(16)18-4)12-17-11-13(2)3/h7-8,10,13,17H,9,11-12H2,1-4H3. The Morgan fingerprint density at radius 2 is 2.05 bits per heavy atom. The Morgan fingerprint density at radius 3 is 2.68 bits per heavy atom. The zero-order valence-electron chi connectivity index (χ0n) is 12.2. The van der Waals surface area contributed by atoms with E-state index in [1.807, 2.05) is 18.2 Å². The molecule has 1 N–H and O–H groups in total. The summed E-state index contributed by atoms with van der Waals surface area (Å²) in [5, 5.41) is 3.41. The van der Waals surface area contributed by atoms with Gasteiger partial charge in [0, 0.05) is 6.54 Å². The molecule has 0 saturated heterocycles. The molecule has 0 aromatic heterocycles. The Labute approximate surface area is 116 Å². The number of rotatable bonds is 7. The maximum Gasteiger partial charge on any atom is 0.162 e. The molecular weight excluding hydrogens is 238 g/mol. The summed E-state index contributed by atoms with van der Waals surface area (Å²) in [6.07, 6.45) is 0. The molecule has 0 aliphatic carbocycles. The topological polar surface area (TPSA) is 30.5 Å². The molecular formula is C16H23NO2. The number of hydrogen-bond donors (Lipinski definition) is 1. The summed E-state index contributed by atoms with van der Waals surface area (Å²) in [4.78, 5) is 0. The van der Waals surface area contributed by atoms with Gasteiger partial charge in [-0.1, -0.05) is 25.8 Å². The van der Waals surface area contributed by atoms with E-state index in [1.165, 1.54) is 5.56 Å². The largest absolute Gasteiger partial charge is 0.493 e. The van der Waals surface area contributed by atoms with E-state index in [-0.39, 0.29) is 0 Å². The van der Waals surface area contributed by atoms with Crippen LogP contribution < -0.4 is 14.8 Å². The van der Waals surface area contributed by atoms with Crippen molar-refractivity contribution in [1.29, 1.82) is 0 Å². The van der Waals surface area contributed by atoms with Crippen molar-refractivity contribution >= 4 is 0 Å². The predicted molar refractivity (Wildman–Crippen MR) is 78.5 cm³/mol. The highest BCUT2D eigenvalue weighted by molar-refractivity contribution is 5.43. The van der Waals surface area contributed by atoms with Crippen molar-refractivity contribution in [2.45, 2.75) is 27.3 Å². The highest BCUT2D eigenvalue weighted by atomic mass is 16.5. The lowest BCUT2D eigenvalue weighted by atomic mass is 10.2. The molecule has 1 aromatic carbocycles. The second-order valence-corrected chi connectivity index (χ2v) is 4.73. The second-order valence-electron chi connectivity index (χ2n) is 4.73. The summed E-state index contributed by atoms with van der Waals surface area (Å²) in [7, 11) is 1.64. The SMILES string of the molecule is CC#CCOc1cc(CNCC(C)C)ccc1OC. The molecule has 0 radical (unpaired) electrons. The van der Waals surface area contributed by atoms with Gasteiger partial charge in [0.25, 0.3) is 0 Å². The highest BCUT2D eigenvalue weighted by Crippen LogP contribution is 2.27. The summed E-state index contributed by atoms with van der Waals surface area (Å²) in [6.45, 7) is 8.40. The Bertz CT molecular complexity index is 444. The Kier molecular flexibility index (Phi) is 6.84. The van der Waals surface area contributed by atoms with Crippen molar-refractivity contribution in [3.8, 4) is 23.3 Å². The molecule has 0 aliphatic heterocycles. The number of nitrogens with one attached hydrogen (secondary N) is 1. The van der Waals surface area contributed by atoms with Gasteiger partial charge in [-0.15, -0.1) is 5.92 Å². The molecule has 0 bridgehead atoms. The van der Waals surface area contributed by atoms with Crippen molar-refractivity contribution in [3.63, 3.8) is 0 Å². The predicted octanol–water partition coefficient (Wildman–Crippen LogP) is 2.84. The van der Waals surface area contributed by atoms with Crippen LogP contribution in [-0.4, -0.2) is 20.3 Å². The van der Waals surface area contributed by atoms with Gasteiger partial charge in [0.15, 0.2) is 11.5 Å². The fraction of sp³-hybridized carbons (Fsp3) is 0.500. The zero-order valence-corrected chi connectivity index (χ0v) is 12.2. The third-order valence-electron chi connectivity index (χ3n) is 2.59. The van der Waals surface area contributed by atoms with Crippen molar-refractivity contribution in [2.24, 2.45) is 5.92 Å². The minimum absolute atomic E-state index is 0.385. The second kappa shape index (κ2) is 8.44. The third kappa shape index (κ3) is 5.67. The number of methoxy groups -OCH3 is 1. The molecule has 19 heavy (non-hydrogen) atoms. The first-order valence-corrected chi connectivity index (χ1v) is 6.57. The highest BCUT2D eigenvalue weighted by Gasteiger charge is 2.05. The number of hydrogen-bond acceptors (Lipinski definition) is 3. The van der Waals surface area contributed by atoms with Gasteiger partial charge in [-0.05, 0) is 37.1 Å². The van der Waals surface area contributed by atoms with Crippen LogP contribution in [0.15, 0.2) is 18.2 Å². The first-order valence-electron chi connectivity index (χ1n) is 6.57. The van der Waals surface area contributed by atoms with E-state index >= 15 is 0 Å². The lowest BCUT2D eigenvalue weighted by molar-refractivity contribution is 0.330. The molecule has 0 heterocycles. The van der Waals surface area contributed by atoms with Gasteiger partial charge in [0.2, 0.25) is 0 Å². The van der Waals surface area contributed by atoms with E-state index in [9.17, 15) is 0 Å². The van der Waals surface area contributed by atoms with E-state index < -0.39 is 0 Å². The van der Waals surface area contributed by atoms with Crippen molar-refractivity contribution in [2.75, 3.05) is 20.3 Å². The first kappa shape index (κ1) is 15.4. The summed E-state index contributed by atoms with van der Waals surface area (Å²) < 4.78 is 10.9. The average Bonchev–Trinajstić information content (AvgIpc) is 2.39. The smallest absolute Gasteiger partial charge is 0.162 e. The quantitative estimate of drug-likeness (QED) is 0.766. The van der Waals surface area contributed by atoms with Crippen LogP contribution in [0.5, 0.6) is 11.5 Å². The van der Waals surface area contributed by atoms with Gasteiger partial charge in [-0.3, -0.25) is 0 Å². The summed E-state index contributed by atoms with van der Waals surface area (Å²) in [6, 6.07) is 5.98. The molecule has 0 spiro atoms. The van der Waals surface area contributed by atoms with Crippen LogP contribution in [0.2, 0.25) is 0 Å². The Hall–Kier alpha value is -1.66. The molecule has 0 unspecified atom stereocenters. The Morgan fingerprint density at radius 1 is 1.26 bits per heavy atom. The number of benzene rings is 1. The maximum atomic E-state index is 5.61. The molecule has 0 fully saturated rings. The summed E-state index contributed by atoms with van der Waals surface area (Å²) in [5.41, 5.74) is 1.18. The minimum atomic E-state index is 0.385. The lowest BCUT2D eigenvalue weighted by Crippen LogP contribution is -2.18. The van der Waals surface area contributed by atoms with Gasteiger partial charge in [0.05, 0.1) is 7.11 Å². The van der Waals surface area contributed by atoms with Crippen LogP contribution in [0.3, 0.4) is 0 Å². The molecule has 3 nitrogen and oxygen atoms in total. The summed E-state index contributed by atoms with van der Waals surface area (Å²) in [5.74, 6) is 7.82. The number of ether oxygens (including phenoxy) is 2. The molecule has 1 aromatic rings. The monoisotopic (exact) mass is 261 g/mol. The lowest BCUT2D eigenvalue weighted by Gasteiger charge is -2.12. The summed E-state index contributed by atoms with van der Waals surface area (Å²) >= 11 is 0. The van der Waals surface area contributed by atoms with Crippen molar-refractivity contribution < 1.29 is 9.47 Å². The van der Waals surface area contributed by atoms with Crippen molar-refractivity contribution in [1.82, 2.24) is 5.32 Å². The first-order chi connectivity index (χ1) is 9.17. The fourth-order valence-electron chi connectivity index (χ4n) is 1.64. The van der Waals surface area contributed by atoms with Crippen LogP contribution in [0, 0.1) is 17.8 Å². The molecule has 0 atom stereocenters. The average molecular weight is 261 g/mol. The van der Waals surface area contributed by atoms with Crippen LogP contribution >= 0.6 is 0 Å². The van der Waals surface area contributed by atoms with Crippen LogP contribution in [0.1, 0.15) is 26.3 Å². The fourth-order valence-corrected chi connectivity index (χ4v) is 1.64. The molecule has 1 rings (SSSR count). The van der Waals surface area contributed by atoms with E-state index in [0.717, 1.165) is 24.6 Å². The van der Waals surface area contributed by atoms with Gasteiger partial charge < -0.3 is 14.8 Å². The van der Waals surface area contributed by atoms with E-state index in [2.05, 4.69) is 31.0 Å². The van der Waals surface area contributed by atoms with E-state index in [4.69, 9.17) is 9.47 Å². The van der Waals surface area contributed by atoms with Gasteiger partial charge in [0.1, 0.15) is 6.61 Å². The minimum Gasteiger partial charge on any atom is -0.493 e. The maximum absolute atomic E-state index is 5.61. The van der Waals surface area contributed by atoms with Gasteiger partial charge >= 0.3 is 0 Å². The molecule has 0 aliphatic rings. The molecule has 0 amide bonds. The molecule has 3 heteroatoms. The zero-order chi connectivity index (χ0) is 14.1.